The first-order valence-electron chi connectivity index (χ1n) is 7.28. The van der Waals surface area contributed by atoms with Crippen LogP contribution in [0.25, 0.3) is 0 Å². The quantitative estimate of drug-likeness (QED) is 0.647. The van der Waals surface area contributed by atoms with Gasteiger partial charge in [-0.05, 0) is 56.7 Å². The van der Waals surface area contributed by atoms with Gasteiger partial charge in [0, 0.05) is 5.56 Å². The van der Waals surface area contributed by atoms with Gasteiger partial charge in [0.1, 0.15) is 17.1 Å². The van der Waals surface area contributed by atoms with Gasteiger partial charge in [-0.1, -0.05) is 11.6 Å². The van der Waals surface area contributed by atoms with Crippen LogP contribution in [0.1, 0.15) is 45.7 Å². The van der Waals surface area contributed by atoms with Crippen molar-refractivity contribution < 1.29 is 24.5 Å². The highest BCUT2D eigenvalue weighted by Crippen LogP contribution is 2.31. The Bertz CT molecular complexity index is 811. The number of halogens is 1. The van der Waals surface area contributed by atoms with Crippen molar-refractivity contribution in [2.24, 2.45) is 0 Å². The van der Waals surface area contributed by atoms with E-state index in [1.165, 1.54) is 30.3 Å². The maximum Gasteiger partial charge on any atom is 0.342 e. The van der Waals surface area contributed by atoms with Gasteiger partial charge in [-0.15, -0.1) is 0 Å². The fourth-order valence-corrected chi connectivity index (χ4v) is 2.46. The van der Waals surface area contributed by atoms with Gasteiger partial charge in [-0.2, -0.15) is 0 Å². The molecule has 24 heavy (non-hydrogen) atoms. The standard InChI is InChI=1S/C18H17ClO5/c1-9(2)24-18(23)12-8-11(4-5-15(12)20)16(21)13-6-10(3)7-14(19)17(13)22/h4-9,20,22H,1-3H3. The zero-order chi connectivity index (χ0) is 18.0. The number of hydrogen-bond acceptors (Lipinski definition) is 5. The SMILES string of the molecule is Cc1cc(Cl)c(O)c(C(=O)c2ccc(O)c(C(=O)OC(C)C)c2)c1. The highest BCUT2D eigenvalue weighted by atomic mass is 35.5. The summed E-state index contributed by atoms with van der Waals surface area (Å²) >= 11 is 5.90. The molecule has 0 unspecified atom stereocenters. The first-order valence-corrected chi connectivity index (χ1v) is 7.66. The summed E-state index contributed by atoms with van der Waals surface area (Å²) in [5.74, 6) is -1.87. The van der Waals surface area contributed by atoms with Gasteiger partial charge in [-0.3, -0.25) is 4.79 Å². The number of carbonyl (C=O) groups excluding carboxylic acids is 2. The Kier molecular flexibility index (Phi) is 5.14. The number of aromatic hydroxyl groups is 2. The van der Waals surface area contributed by atoms with Crippen molar-refractivity contribution in [2.75, 3.05) is 0 Å². The predicted molar refractivity (Wildman–Crippen MR) is 89.9 cm³/mol. The van der Waals surface area contributed by atoms with E-state index in [-0.39, 0.29) is 39.3 Å². The van der Waals surface area contributed by atoms with Gasteiger partial charge >= 0.3 is 5.97 Å². The van der Waals surface area contributed by atoms with Crippen molar-refractivity contribution in [2.45, 2.75) is 26.9 Å². The van der Waals surface area contributed by atoms with Crippen LogP contribution in [-0.4, -0.2) is 28.1 Å². The third-order valence-electron chi connectivity index (χ3n) is 3.27. The number of phenolic OH excluding ortho intramolecular Hbond substituents is 2. The van der Waals surface area contributed by atoms with Crippen LogP contribution in [0, 0.1) is 6.92 Å². The molecule has 0 saturated carbocycles. The van der Waals surface area contributed by atoms with Crippen molar-refractivity contribution in [3.8, 4) is 11.5 Å². The molecule has 0 aliphatic rings. The lowest BCUT2D eigenvalue weighted by molar-refractivity contribution is 0.0374. The second-order valence-corrected chi connectivity index (χ2v) is 6.07. The van der Waals surface area contributed by atoms with Gasteiger partial charge in [0.05, 0.1) is 16.7 Å². The molecular weight excluding hydrogens is 332 g/mol. The molecule has 0 atom stereocenters. The van der Waals surface area contributed by atoms with Crippen molar-refractivity contribution >= 4 is 23.4 Å². The van der Waals surface area contributed by atoms with E-state index in [2.05, 4.69) is 0 Å². The second-order valence-electron chi connectivity index (χ2n) is 5.66. The van der Waals surface area contributed by atoms with Crippen LogP contribution < -0.4 is 0 Å². The predicted octanol–water partition coefficient (Wildman–Crippen LogP) is 3.86. The molecule has 0 saturated heterocycles. The maximum absolute atomic E-state index is 12.6. The Hall–Kier alpha value is -2.53. The average molecular weight is 349 g/mol. The fourth-order valence-electron chi connectivity index (χ4n) is 2.18. The topological polar surface area (TPSA) is 83.8 Å². The summed E-state index contributed by atoms with van der Waals surface area (Å²) in [5.41, 5.74) is 0.737. The molecule has 2 N–H and O–H groups in total. The van der Waals surface area contributed by atoms with E-state index < -0.39 is 11.8 Å². The Morgan fingerprint density at radius 2 is 1.75 bits per heavy atom. The number of hydrogen-bond donors (Lipinski definition) is 2. The summed E-state index contributed by atoms with van der Waals surface area (Å²) in [4.78, 5) is 24.6. The smallest absolute Gasteiger partial charge is 0.342 e. The molecule has 0 fully saturated rings. The van der Waals surface area contributed by atoms with Crippen molar-refractivity contribution in [3.63, 3.8) is 0 Å². The Labute approximate surface area is 144 Å². The molecule has 0 heterocycles. The number of ether oxygens (including phenoxy) is 1. The van der Waals surface area contributed by atoms with E-state index in [0.717, 1.165) is 0 Å². The highest BCUT2D eigenvalue weighted by molar-refractivity contribution is 6.33. The molecule has 5 nitrogen and oxygen atoms in total. The van der Waals surface area contributed by atoms with E-state index in [4.69, 9.17) is 16.3 Å². The molecule has 0 aromatic heterocycles. The molecule has 6 heteroatoms. The van der Waals surface area contributed by atoms with Crippen LogP contribution in [0.5, 0.6) is 11.5 Å². The fraction of sp³-hybridized carbons (Fsp3) is 0.222. The summed E-state index contributed by atoms with van der Waals surface area (Å²) in [6, 6.07) is 6.87. The number of carbonyl (C=O) groups is 2. The minimum atomic E-state index is -0.733. The molecule has 2 rings (SSSR count). The minimum Gasteiger partial charge on any atom is -0.507 e. The van der Waals surface area contributed by atoms with Crippen molar-refractivity contribution in [1.82, 2.24) is 0 Å². The molecule has 126 valence electrons. The Morgan fingerprint density at radius 1 is 1.08 bits per heavy atom. The lowest BCUT2D eigenvalue weighted by Gasteiger charge is -2.11. The molecular formula is C18H17ClO5. The molecule has 0 bridgehead atoms. The number of rotatable bonds is 4. The van der Waals surface area contributed by atoms with Gasteiger partial charge < -0.3 is 14.9 Å². The molecule has 0 aliphatic heterocycles. The number of esters is 1. The lowest BCUT2D eigenvalue weighted by atomic mass is 9.98. The Balaban J connectivity index is 2.46. The summed E-state index contributed by atoms with van der Waals surface area (Å²) in [6.45, 7) is 5.10. The summed E-state index contributed by atoms with van der Waals surface area (Å²) < 4.78 is 5.04. The minimum absolute atomic E-state index is 0.0221. The molecule has 0 spiro atoms. The lowest BCUT2D eigenvalue weighted by Crippen LogP contribution is -2.13. The van der Waals surface area contributed by atoms with E-state index in [0.29, 0.717) is 5.56 Å². The molecule has 2 aromatic rings. The van der Waals surface area contributed by atoms with Crippen LogP contribution in [0.2, 0.25) is 5.02 Å². The normalized spacial score (nSPS) is 10.7. The average Bonchev–Trinajstić information content (AvgIpc) is 2.49. The van der Waals surface area contributed by atoms with Gasteiger partial charge in [-0.25, -0.2) is 4.79 Å². The number of aryl methyl sites for hydroxylation is 1. The molecule has 0 radical (unpaired) electrons. The first-order chi connectivity index (χ1) is 11.2. The third kappa shape index (κ3) is 3.68. The zero-order valence-corrected chi connectivity index (χ0v) is 14.2. The van der Waals surface area contributed by atoms with Crippen LogP contribution in [0.15, 0.2) is 30.3 Å². The van der Waals surface area contributed by atoms with Crippen molar-refractivity contribution in [3.05, 3.63) is 57.6 Å². The van der Waals surface area contributed by atoms with E-state index >= 15 is 0 Å². The number of phenols is 2. The van der Waals surface area contributed by atoms with Crippen LogP contribution in [0.3, 0.4) is 0 Å². The van der Waals surface area contributed by atoms with Crippen LogP contribution >= 0.6 is 11.6 Å². The summed E-state index contributed by atoms with van der Waals surface area (Å²) in [7, 11) is 0. The first kappa shape index (κ1) is 17.8. The number of ketones is 1. The van der Waals surface area contributed by atoms with Crippen LogP contribution in [0.4, 0.5) is 0 Å². The van der Waals surface area contributed by atoms with Gasteiger partial charge in [0.2, 0.25) is 0 Å². The highest BCUT2D eigenvalue weighted by Gasteiger charge is 2.21. The van der Waals surface area contributed by atoms with Crippen LogP contribution in [-0.2, 0) is 4.74 Å². The van der Waals surface area contributed by atoms with Crippen molar-refractivity contribution in [1.29, 1.82) is 0 Å². The molecule has 2 aromatic carbocycles. The summed E-state index contributed by atoms with van der Waals surface area (Å²) in [6.07, 6.45) is -0.365. The Morgan fingerprint density at radius 3 is 2.38 bits per heavy atom. The molecule has 0 aliphatic carbocycles. The van der Waals surface area contributed by atoms with E-state index in [1.54, 1.807) is 20.8 Å². The zero-order valence-electron chi connectivity index (χ0n) is 13.5. The van der Waals surface area contributed by atoms with Gasteiger partial charge in [0.15, 0.2) is 5.78 Å². The number of benzene rings is 2. The van der Waals surface area contributed by atoms with E-state index in [1.807, 2.05) is 0 Å². The van der Waals surface area contributed by atoms with E-state index in [9.17, 15) is 19.8 Å². The largest absolute Gasteiger partial charge is 0.507 e. The third-order valence-corrected chi connectivity index (χ3v) is 3.56. The molecule has 0 amide bonds. The maximum atomic E-state index is 12.6. The summed E-state index contributed by atoms with van der Waals surface area (Å²) in [5, 5.41) is 19.9. The monoisotopic (exact) mass is 348 g/mol. The second kappa shape index (κ2) is 6.93. The van der Waals surface area contributed by atoms with Gasteiger partial charge in [0.25, 0.3) is 0 Å².